The fourth-order valence-corrected chi connectivity index (χ4v) is 3.31. The largest absolute Gasteiger partial charge is 0.376 e. The lowest BCUT2D eigenvalue weighted by molar-refractivity contribution is 0.00488. The molecule has 2 rings (SSSR count). The molecule has 0 heterocycles. The summed E-state index contributed by atoms with van der Waals surface area (Å²) in [4.78, 5) is 0. The molecule has 0 radical (unpaired) electrons. The van der Waals surface area contributed by atoms with Gasteiger partial charge in [0.05, 0.1) is 18.8 Å². The molecule has 3 unspecified atom stereocenters. The molecule has 0 aromatic heterocycles. The minimum Gasteiger partial charge on any atom is -0.376 e. The molecule has 1 saturated carbocycles. The van der Waals surface area contributed by atoms with Gasteiger partial charge in [-0.25, -0.2) is 0 Å². The average Bonchev–Trinajstić information content (AvgIpc) is 2.50. The summed E-state index contributed by atoms with van der Waals surface area (Å²) in [5.41, 5.74) is 2.76. The van der Waals surface area contributed by atoms with Crippen molar-refractivity contribution in [3.63, 3.8) is 0 Å². The Morgan fingerprint density at radius 1 is 1.24 bits per heavy atom. The molecule has 0 bridgehead atoms. The predicted octanol–water partition coefficient (Wildman–Crippen LogP) is 4.49. The van der Waals surface area contributed by atoms with Crippen molar-refractivity contribution >= 4 is 0 Å². The molecule has 1 aromatic rings. The molecule has 2 heteroatoms. The van der Waals surface area contributed by atoms with Crippen molar-refractivity contribution in [3.8, 4) is 0 Å². The number of aryl methyl sites for hydroxylation is 1. The zero-order valence-electron chi connectivity index (χ0n) is 13.9. The third kappa shape index (κ3) is 5.12. The fraction of sp³-hybridized carbons (Fsp3) is 0.684. The van der Waals surface area contributed by atoms with Gasteiger partial charge in [0.15, 0.2) is 0 Å². The number of rotatable bonds is 7. The number of nitrogens with one attached hydrogen (secondary N) is 1. The number of ether oxygens (including phenoxy) is 1. The molecule has 118 valence electrons. The Morgan fingerprint density at radius 3 is 2.62 bits per heavy atom. The maximum atomic E-state index is 6.18. The molecule has 3 atom stereocenters. The van der Waals surface area contributed by atoms with E-state index in [0.717, 1.165) is 12.5 Å². The Kier molecular flexibility index (Phi) is 6.72. The van der Waals surface area contributed by atoms with Gasteiger partial charge in [-0.2, -0.15) is 0 Å². The molecule has 1 aliphatic carbocycles. The topological polar surface area (TPSA) is 21.3 Å². The van der Waals surface area contributed by atoms with Gasteiger partial charge in [-0.05, 0) is 43.4 Å². The lowest BCUT2D eigenvalue weighted by Gasteiger charge is -2.28. The standard InChI is InChI=1S/C19H31NO/c1-4-6-16-9-11-17(12-10-16)19(20-3)14-21-18-8-5-7-15(2)13-18/h9-12,15,18-20H,4-8,13-14H2,1-3H3. The molecule has 21 heavy (non-hydrogen) atoms. The van der Waals surface area contributed by atoms with Crippen molar-refractivity contribution in [1.82, 2.24) is 5.32 Å². The van der Waals surface area contributed by atoms with Gasteiger partial charge in [0, 0.05) is 0 Å². The van der Waals surface area contributed by atoms with E-state index in [1.165, 1.54) is 49.7 Å². The fourth-order valence-electron chi connectivity index (χ4n) is 3.31. The van der Waals surface area contributed by atoms with E-state index in [0.29, 0.717) is 12.1 Å². The summed E-state index contributed by atoms with van der Waals surface area (Å²) in [7, 11) is 2.03. The monoisotopic (exact) mass is 289 g/mol. The van der Waals surface area contributed by atoms with Gasteiger partial charge in [-0.1, -0.05) is 57.4 Å². The van der Waals surface area contributed by atoms with Crippen LogP contribution in [0.15, 0.2) is 24.3 Å². The Balaban J connectivity index is 1.86. The molecule has 1 N–H and O–H groups in total. The van der Waals surface area contributed by atoms with Gasteiger partial charge >= 0.3 is 0 Å². The van der Waals surface area contributed by atoms with E-state index in [1.807, 2.05) is 7.05 Å². The second kappa shape index (κ2) is 8.55. The van der Waals surface area contributed by atoms with Gasteiger partial charge in [0.1, 0.15) is 0 Å². The van der Waals surface area contributed by atoms with E-state index < -0.39 is 0 Å². The first-order valence-electron chi connectivity index (χ1n) is 8.60. The van der Waals surface area contributed by atoms with E-state index in [-0.39, 0.29) is 0 Å². The number of hydrogen-bond donors (Lipinski definition) is 1. The molecule has 1 fully saturated rings. The first-order chi connectivity index (χ1) is 10.2. The summed E-state index contributed by atoms with van der Waals surface area (Å²) >= 11 is 0. The summed E-state index contributed by atoms with van der Waals surface area (Å²) in [6.07, 6.45) is 7.99. The molecule has 2 nitrogen and oxygen atoms in total. The van der Waals surface area contributed by atoms with Crippen LogP contribution in [0, 0.1) is 5.92 Å². The first kappa shape index (κ1) is 16.5. The first-order valence-corrected chi connectivity index (χ1v) is 8.60. The number of benzene rings is 1. The molecule has 0 amide bonds. The maximum absolute atomic E-state index is 6.18. The van der Waals surface area contributed by atoms with Gasteiger partial charge in [-0.15, -0.1) is 0 Å². The second-order valence-corrected chi connectivity index (χ2v) is 6.56. The van der Waals surface area contributed by atoms with Crippen LogP contribution in [-0.4, -0.2) is 19.8 Å². The third-order valence-corrected chi connectivity index (χ3v) is 4.66. The van der Waals surface area contributed by atoms with Crippen LogP contribution in [0.4, 0.5) is 0 Å². The molecule has 0 aliphatic heterocycles. The van der Waals surface area contributed by atoms with E-state index in [9.17, 15) is 0 Å². The van der Waals surface area contributed by atoms with Crippen molar-refractivity contribution in [3.05, 3.63) is 35.4 Å². The van der Waals surface area contributed by atoms with Crippen LogP contribution in [0.1, 0.15) is 63.1 Å². The van der Waals surface area contributed by atoms with Crippen molar-refractivity contribution in [2.45, 2.75) is 64.5 Å². The molecular weight excluding hydrogens is 258 g/mol. The number of hydrogen-bond acceptors (Lipinski definition) is 2. The van der Waals surface area contributed by atoms with Crippen molar-refractivity contribution < 1.29 is 4.74 Å². The second-order valence-electron chi connectivity index (χ2n) is 6.56. The van der Waals surface area contributed by atoms with Crippen molar-refractivity contribution in [2.75, 3.05) is 13.7 Å². The predicted molar refractivity (Wildman–Crippen MR) is 89.6 cm³/mol. The summed E-state index contributed by atoms with van der Waals surface area (Å²) in [6, 6.07) is 9.31. The van der Waals surface area contributed by atoms with E-state index in [1.54, 1.807) is 0 Å². The zero-order chi connectivity index (χ0) is 15.1. The molecule has 0 saturated heterocycles. The Bertz CT molecular complexity index is 401. The Hall–Kier alpha value is -0.860. The van der Waals surface area contributed by atoms with Crippen molar-refractivity contribution in [1.29, 1.82) is 0 Å². The quantitative estimate of drug-likeness (QED) is 0.798. The average molecular weight is 289 g/mol. The van der Waals surface area contributed by atoms with Gasteiger partial charge in [0.25, 0.3) is 0 Å². The maximum Gasteiger partial charge on any atom is 0.0665 e. The van der Waals surface area contributed by atoms with Gasteiger partial charge in [0.2, 0.25) is 0 Å². The van der Waals surface area contributed by atoms with Gasteiger partial charge in [-0.3, -0.25) is 0 Å². The minimum absolute atomic E-state index is 0.304. The SMILES string of the molecule is CCCc1ccc(C(COC2CCCC(C)C2)NC)cc1. The van der Waals surface area contributed by atoms with Gasteiger partial charge < -0.3 is 10.1 Å². The number of likely N-dealkylation sites (N-methyl/N-ethyl adjacent to an activating group) is 1. The zero-order valence-corrected chi connectivity index (χ0v) is 13.9. The highest BCUT2D eigenvalue weighted by Crippen LogP contribution is 2.26. The van der Waals surface area contributed by atoms with Crippen LogP contribution in [0.25, 0.3) is 0 Å². The highest BCUT2D eigenvalue weighted by atomic mass is 16.5. The van der Waals surface area contributed by atoms with Crippen LogP contribution < -0.4 is 5.32 Å². The van der Waals surface area contributed by atoms with Crippen LogP contribution in [0.5, 0.6) is 0 Å². The third-order valence-electron chi connectivity index (χ3n) is 4.66. The van der Waals surface area contributed by atoms with Crippen LogP contribution in [-0.2, 0) is 11.2 Å². The Morgan fingerprint density at radius 2 is 2.00 bits per heavy atom. The van der Waals surface area contributed by atoms with Crippen LogP contribution in [0.2, 0.25) is 0 Å². The molecule has 1 aromatic carbocycles. The summed E-state index contributed by atoms with van der Waals surface area (Å²) in [5.74, 6) is 0.824. The van der Waals surface area contributed by atoms with Crippen LogP contribution in [0.3, 0.4) is 0 Å². The van der Waals surface area contributed by atoms with Crippen LogP contribution >= 0.6 is 0 Å². The van der Waals surface area contributed by atoms with E-state index in [2.05, 4.69) is 43.4 Å². The summed E-state index contributed by atoms with van der Waals surface area (Å²) in [6.45, 7) is 5.35. The Labute approximate surface area is 130 Å². The van der Waals surface area contributed by atoms with E-state index in [4.69, 9.17) is 4.74 Å². The lowest BCUT2D eigenvalue weighted by Crippen LogP contribution is -2.28. The molecule has 1 aliphatic rings. The molecule has 0 spiro atoms. The lowest BCUT2D eigenvalue weighted by atomic mass is 9.88. The highest BCUT2D eigenvalue weighted by molar-refractivity contribution is 5.25. The molecular formula is C19H31NO. The highest BCUT2D eigenvalue weighted by Gasteiger charge is 2.20. The summed E-state index contributed by atoms with van der Waals surface area (Å²) in [5, 5.41) is 3.40. The smallest absolute Gasteiger partial charge is 0.0665 e. The normalized spacial score (nSPS) is 24.0. The summed E-state index contributed by atoms with van der Waals surface area (Å²) < 4.78 is 6.18. The van der Waals surface area contributed by atoms with Crippen molar-refractivity contribution in [2.24, 2.45) is 5.92 Å². The minimum atomic E-state index is 0.304. The van der Waals surface area contributed by atoms with E-state index >= 15 is 0 Å².